The largest absolute Gasteiger partial charge is 0.300 e. The highest BCUT2D eigenvalue weighted by molar-refractivity contribution is 6.30. The average molecular weight is 355 g/mol. The van der Waals surface area contributed by atoms with Gasteiger partial charge in [0.1, 0.15) is 11.6 Å². The zero-order valence-corrected chi connectivity index (χ0v) is 14.7. The molecule has 2 nitrogen and oxygen atoms in total. The number of nitrogens with zero attached hydrogens (tertiary/aromatic N) is 2. The van der Waals surface area contributed by atoms with Crippen molar-refractivity contribution in [1.29, 1.82) is 0 Å². The number of halogens is 2. The normalized spacial score (nSPS) is 15.4. The van der Waals surface area contributed by atoms with Gasteiger partial charge in [0.2, 0.25) is 0 Å². The molecule has 128 valence electrons. The van der Waals surface area contributed by atoms with E-state index in [2.05, 4.69) is 10.8 Å². The summed E-state index contributed by atoms with van der Waals surface area (Å²) in [5.74, 6) is 1.13. The van der Waals surface area contributed by atoms with Gasteiger partial charge in [0.05, 0.1) is 5.69 Å². The molecule has 4 heteroatoms. The Morgan fingerprint density at radius 2 is 1.60 bits per heavy atom. The molecular formula is C21H20ClFN2. The summed E-state index contributed by atoms with van der Waals surface area (Å²) < 4.78 is 15.4. The molecule has 1 aromatic heterocycles. The fourth-order valence-electron chi connectivity index (χ4n) is 3.59. The molecule has 0 spiro atoms. The molecule has 25 heavy (non-hydrogen) atoms. The molecule has 0 amide bonds. The van der Waals surface area contributed by atoms with Gasteiger partial charge >= 0.3 is 0 Å². The quantitative estimate of drug-likeness (QED) is 0.533. The van der Waals surface area contributed by atoms with Crippen LogP contribution in [0.1, 0.15) is 43.7 Å². The summed E-state index contributed by atoms with van der Waals surface area (Å²) in [6, 6.07) is 14.3. The third kappa shape index (κ3) is 3.47. The maximum Gasteiger partial charge on any atom is 0.144 e. The van der Waals surface area contributed by atoms with Gasteiger partial charge in [-0.3, -0.25) is 4.57 Å². The zero-order valence-electron chi connectivity index (χ0n) is 14.0. The molecule has 0 unspecified atom stereocenters. The molecule has 0 N–H and O–H groups in total. The first-order valence-electron chi connectivity index (χ1n) is 8.82. The summed E-state index contributed by atoms with van der Waals surface area (Å²) >= 11 is 6.03. The molecule has 1 aliphatic carbocycles. The SMILES string of the molecule is Fc1ccc(-c2nc(C3CCCCC3)cn2-c2ccc(Cl)cc2)cc1. The number of hydrogen-bond acceptors (Lipinski definition) is 1. The highest BCUT2D eigenvalue weighted by Crippen LogP contribution is 2.34. The highest BCUT2D eigenvalue weighted by atomic mass is 35.5. The van der Waals surface area contributed by atoms with E-state index in [-0.39, 0.29) is 5.82 Å². The summed E-state index contributed by atoms with van der Waals surface area (Å²) in [5.41, 5.74) is 3.06. The lowest BCUT2D eigenvalue weighted by Gasteiger charge is -2.19. The average Bonchev–Trinajstić information content (AvgIpc) is 3.09. The maximum atomic E-state index is 13.3. The Balaban J connectivity index is 1.80. The van der Waals surface area contributed by atoms with Gasteiger partial charge < -0.3 is 0 Å². The van der Waals surface area contributed by atoms with Gasteiger partial charge in [-0.1, -0.05) is 30.9 Å². The van der Waals surface area contributed by atoms with E-state index in [1.165, 1.54) is 44.2 Å². The van der Waals surface area contributed by atoms with E-state index in [0.717, 1.165) is 22.8 Å². The van der Waals surface area contributed by atoms with E-state index in [1.807, 2.05) is 24.3 Å². The van der Waals surface area contributed by atoms with Crippen LogP contribution in [0.15, 0.2) is 54.7 Å². The predicted octanol–water partition coefficient (Wildman–Crippen LogP) is 6.38. The van der Waals surface area contributed by atoms with Gasteiger partial charge in [-0.05, 0) is 61.4 Å². The van der Waals surface area contributed by atoms with Crippen LogP contribution in [0.25, 0.3) is 17.1 Å². The molecular weight excluding hydrogens is 335 g/mol. The van der Waals surface area contributed by atoms with Crippen LogP contribution < -0.4 is 0 Å². The van der Waals surface area contributed by atoms with Crippen molar-refractivity contribution in [1.82, 2.24) is 9.55 Å². The Morgan fingerprint density at radius 1 is 0.920 bits per heavy atom. The fraction of sp³-hybridized carbons (Fsp3) is 0.286. The van der Waals surface area contributed by atoms with Crippen molar-refractivity contribution in [3.63, 3.8) is 0 Å². The van der Waals surface area contributed by atoms with Crippen molar-refractivity contribution in [3.05, 3.63) is 71.3 Å². The number of benzene rings is 2. The minimum absolute atomic E-state index is 0.235. The number of imidazole rings is 1. The van der Waals surface area contributed by atoms with Crippen LogP contribution in [0.2, 0.25) is 5.02 Å². The van der Waals surface area contributed by atoms with Gasteiger partial charge in [-0.25, -0.2) is 9.37 Å². The van der Waals surface area contributed by atoms with E-state index in [1.54, 1.807) is 12.1 Å². The Labute approximate surface area is 152 Å². The Kier molecular flexibility index (Phi) is 4.58. The standard InChI is InChI=1S/C21H20ClFN2/c22-17-8-12-19(13-9-17)25-14-20(15-4-2-1-3-5-15)24-21(25)16-6-10-18(23)11-7-16/h6-15H,1-5H2. The number of aromatic nitrogens is 2. The maximum absolute atomic E-state index is 13.3. The first-order chi connectivity index (χ1) is 12.2. The molecule has 4 rings (SSSR count). The lowest BCUT2D eigenvalue weighted by atomic mass is 9.87. The fourth-order valence-corrected chi connectivity index (χ4v) is 3.72. The minimum Gasteiger partial charge on any atom is -0.300 e. The second-order valence-electron chi connectivity index (χ2n) is 6.68. The monoisotopic (exact) mass is 354 g/mol. The summed E-state index contributed by atoms with van der Waals surface area (Å²) in [5, 5.41) is 0.708. The number of hydrogen-bond donors (Lipinski definition) is 0. The molecule has 0 aliphatic heterocycles. The Hall–Kier alpha value is -2.13. The van der Waals surface area contributed by atoms with E-state index in [9.17, 15) is 4.39 Å². The lowest BCUT2D eigenvalue weighted by molar-refractivity contribution is 0.437. The molecule has 1 saturated carbocycles. The van der Waals surface area contributed by atoms with Gasteiger partial charge in [-0.15, -0.1) is 0 Å². The van der Waals surface area contributed by atoms with Gasteiger partial charge in [-0.2, -0.15) is 0 Å². The Morgan fingerprint density at radius 3 is 2.28 bits per heavy atom. The van der Waals surface area contributed by atoms with E-state index in [0.29, 0.717) is 10.9 Å². The summed E-state index contributed by atoms with van der Waals surface area (Å²) in [6.45, 7) is 0. The second kappa shape index (κ2) is 7.01. The Bertz CT molecular complexity index is 784. The zero-order chi connectivity index (χ0) is 17.2. The van der Waals surface area contributed by atoms with E-state index < -0.39 is 0 Å². The van der Waals surface area contributed by atoms with Crippen molar-refractivity contribution in [2.45, 2.75) is 38.0 Å². The topological polar surface area (TPSA) is 17.8 Å². The van der Waals surface area contributed by atoms with Gasteiger partial charge in [0.15, 0.2) is 0 Å². The van der Waals surface area contributed by atoms with Crippen LogP contribution in [0.4, 0.5) is 4.39 Å². The molecule has 0 radical (unpaired) electrons. The lowest BCUT2D eigenvalue weighted by Crippen LogP contribution is -2.04. The summed E-state index contributed by atoms with van der Waals surface area (Å²) in [7, 11) is 0. The number of rotatable bonds is 3. The molecule has 1 aliphatic rings. The van der Waals surface area contributed by atoms with Crippen LogP contribution >= 0.6 is 11.6 Å². The van der Waals surface area contributed by atoms with Crippen molar-refractivity contribution in [3.8, 4) is 17.1 Å². The minimum atomic E-state index is -0.235. The second-order valence-corrected chi connectivity index (χ2v) is 7.11. The van der Waals surface area contributed by atoms with Crippen LogP contribution in [0, 0.1) is 5.82 Å². The predicted molar refractivity (Wildman–Crippen MR) is 99.8 cm³/mol. The van der Waals surface area contributed by atoms with Crippen LogP contribution in [0.3, 0.4) is 0 Å². The van der Waals surface area contributed by atoms with Crippen molar-refractivity contribution in [2.24, 2.45) is 0 Å². The van der Waals surface area contributed by atoms with Crippen molar-refractivity contribution in [2.75, 3.05) is 0 Å². The van der Waals surface area contributed by atoms with Crippen LogP contribution in [0.5, 0.6) is 0 Å². The summed E-state index contributed by atoms with van der Waals surface area (Å²) in [6.07, 6.45) is 8.38. The highest BCUT2D eigenvalue weighted by Gasteiger charge is 2.21. The van der Waals surface area contributed by atoms with E-state index in [4.69, 9.17) is 16.6 Å². The first kappa shape index (κ1) is 16.3. The third-order valence-electron chi connectivity index (χ3n) is 4.96. The molecule has 0 atom stereocenters. The van der Waals surface area contributed by atoms with Crippen LogP contribution in [-0.2, 0) is 0 Å². The van der Waals surface area contributed by atoms with Gasteiger partial charge in [0, 0.05) is 28.4 Å². The smallest absolute Gasteiger partial charge is 0.144 e. The van der Waals surface area contributed by atoms with Crippen molar-refractivity contribution < 1.29 is 4.39 Å². The molecule has 2 aromatic carbocycles. The molecule has 0 bridgehead atoms. The first-order valence-corrected chi connectivity index (χ1v) is 9.20. The third-order valence-corrected chi connectivity index (χ3v) is 5.21. The van der Waals surface area contributed by atoms with Crippen LogP contribution in [-0.4, -0.2) is 9.55 Å². The summed E-state index contributed by atoms with van der Waals surface area (Å²) in [4.78, 5) is 4.94. The van der Waals surface area contributed by atoms with Crippen molar-refractivity contribution >= 4 is 11.6 Å². The molecule has 1 fully saturated rings. The molecule has 3 aromatic rings. The van der Waals surface area contributed by atoms with Gasteiger partial charge in [0.25, 0.3) is 0 Å². The van der Waals surface area contributed by atoms with E-state index >= 15 is 0 Å². The molecule has 1 heterocycles. The molecule has 0 saturated heterocycles.